The Bertz CT molecular complexity index is 2090. The molecule has 2 atom stereocenters. The first kappa shape index (κ1) is 49.3. The highest BCUT2D eigenvalue weighted by atomic mass is 32.2. The first-order valence-corrected chi connectivity index (χ1v) is 26.7. The Hall–Kier alpha value is -3.61. The summed E-state index contributed by atoms with van der Waals surface area (Å²) in [5.41, 5.74) is 6.71. The molecule has 360 valence electrons. The van der Waals surface area contributed by atoms with Crippen LogP contribution in [0.4, 0.5) is 15.2 Å². The largest absolute Gasteiger partial charge is 0.493 e. The van der Waals surface area contributed by atoms with E-state index in [0.29, 0.717) is 62.9 Å². The van der Waals surface area contributed by atoms with Crippen LogP contribution in [0, 0.1) is 17.7 Å². The molecule has 4 saturated carbocycles. The molecule has 0 bridgehead atoms. The average Bonchev–Trinajstić information content (AvgIpc) is 3.98. The van der Waals surface area contributed by atoms with Gasteiger partial charge in [-0.1, -0.05) is 37.0 Å². The highest BCUT2D eigenvalue weighted by Gasteiger charge is 2.31. The van der Waals surface area contributed by atoms with Crippen LogP contribution in [0.15, 0.2) is 41.3 Å². The summed E-state index contributed by atoms with van der Waals surface area (Å²) in [6.07, 6.45) is 18.5. The van der Waals surface area contributed by atoms with Gasteiger partial charge in [-0.3, -0.25) is 14.3 Å². The minimum Gasteiger partial charge on any atom is -0.493 e. The molecule has 0 unspecified atom stereocenters. The second-order valence-corrected chi connectivity index (χ2v) is 21.4. The second-order valence-electron chi connectivity index (χ2n) is 18.7. The number of halogens is 1. The Kier molecular flexibility index (Phi) is 18.5. The summed E-state index contributed by atoms with van der Waals surface area (Å²) in [7, 11) is -2.14. The zero-order valence-corrected chi connectivity index (χ0v) is 39.8. The second kappa shape index (κ2) is 24.4. The van der Waals surface area contributed by atoms with Crippen LogP contribution in [-0.2, 0) is 29.1 Å². The van der Waals surface area contributed by atoms with Crippen LogP contribution in [0.25, 0.3) is 10.2 Å². The van der Waals surface area contributed by atoms with Crippen molar-refractivity contribution in [3.63, 3.8) is 0 Å². The first-order chi connectivity index (χ1) is 31.5. The fraction of sp³-hybridized carbons (Fsp3) is 0.688. The van der Waals surface area contributed by atoms with Crippen LogP contribution in [-0.4, -0.2) is 107 Å². The van der Waals surface area contributed by atoms with E-state index >= 15 is 4.39 Å². The molecule has 2 amide bonds. The third-order valence-corrected chi connectivity index (χ3v) is 16.3. The molecular formula is C48H72FN7O7S2. The van der Waals surface area contributed by atoms with Gasteiger partial charge in [0, 0.05) is 55.8 Å². The number of rotatable bonds is 23. The van der Waals surface area contributed by atoms with Gasteiger partial charge in [-0.05, 0) is 146 Å². The Balaban J connectivity index is 0.781. The van der Waals surface area contributed by atoms with Crippen LogP contribution < -0.4 is 31.1 Å². The molecule has 3 aromatic rings. The summed E-state index contributed by atoms with van der Waals surface area (Å²) in [6, 6.07) is 10.1. The topological polar surface area (TPSA) is 186 Å². The molecule has 4 fully saturated rings. The van der Waals surface area contributed by atoms with Crippen molar-refractivity contribution < 1.29 is 36.6 Å². The summed E-state index contributed by atoms with van der Waals surface area (Å²) < 4.78 is 63.4. The molecule has 2 aromatic carbocycles. The lowest BCUT2D eigenvalue weighted by molar-refractivity contribution is -0.126. The minimum absolute atomic E-state index is 0.0402. The number of thiazole rings is 1. The number of nitrogens with zero attached hydrogens (tertiary/aromatic N) is 2. The zero-order chi connectivity index (χ0) is 45.6. The maximum absolute atomic E-state index is 15.6. The summed E-state index contributed by atoms with van der Waals surface area (Å²) in [6.45, 7) is 3.79. The van der Waals surface area contributed by atoms with E-state index in [-0.39, 0.29) is 53.2 Å². The molecule has 0 radical (unpaired) electrons. The number of benzene rings is 2. The van der Waals surface area contributed by atoms with E-state index in [1.165, 1.54) is 49.2 Å². The van der Waals surface area contributed by atoms with E-state index in [9.17, 15) is 18.0 Å². The standard InChI is InChI=1S/C48H72FN7O7S2/c1-56(27-7-26-51-47(58)34-13-15-35(16-14-34)53-46(57)12-6-28-61-37-18-20-38(21-19-37)62-29-25-50)43-11-5-4-10-41(43)52-36-17-24-45(40(49)30-36)65(59,60)55-48-54-42-23-22-39(31-44(42)64-48)63-32-33-8-2-3-9-33/h17,22-24,30-31,33-35,37-38,41,43,52H,2-16,18-21,25-29,32,50H2,1H3,(H,51,58)(H,53,57)(H,54,55)/t34?,35?,37?,38?,41-,43-/m0/s1. The molecule has 7 rings (SSSR count). The minimum atomic E-state index is -4.24. The van der Waals surface area contributed by atoms with E-state index < -0.39 is 20.7 Å². The number of amides is 2. The maximum Gasteiger partial charge on any atom is 0.266 e. The van der Waals surface area contributed by atoms with Crippen LogP contribution in [0.3, 0.4) is 0 Å². The highest BCUT2D eigenvalue weighted by Crippen LogP contribution is 2.34. The van der Waals surface area contributed by atoms with Gasteiger partial charge in [0.2, 0.25) is 11.8 Å². The summed E-state index contributed by atoms with van der Waals surface area (Å²) >= 11 is 1.19. The lowest BCUT2D eigenvalue weighted by Crippen LogP contribution is -2.48. The van der Waals surface area contributed by atoms with Crippen molar-refractivity contribution in [2.45, 2.75) is 157 Å². The van der Waals surface area contributed by atoms with E-state index in [4.69, 9.17) is 19.9 Å². The van der Waals surface area contributed by atoms with E-state index in [1.54, 1.807) is 6.07 Å². The molecule has 0 spiro atoms. The number of aromatic nitrogens is 1. The van der Waals surface area contributed by atoms with Gasteiger partial charge in [0.05, 0.1) is 35.6 Å². The quantitative estimate of drug-likeness (QED) is 0.0586. The van der Waals surface area contributed by atoms with E-state index in [0.717, 1.165) is 100 Å². The number of nitrogens with one attached hydrogen (secondary N) is 4. The molecule has 0 saturated heterocycles. The fourth-order valence-corrected chi connectivity index (χ4v) is 12.4. The van der Waals surface area contributed by atoms with Gasteiger partial charge in [-0.25, -0.2) is 17.8 Å². The van der Waals surface area contributed by atoms with Gasteiger partial charge in [-0.2, -0.15) is 0 Å². The Morgan fingerprint density at radius 1 is 0.877 bits per heavy atom. The van der Waals surface area contributed by atoms with Gasteiger partial charge in [0.15, 0.2) is 5.13 Å². The number of carbonyl (C=O) groups excluding carboxylic acids is 2. The molecule has 65 heavy (non-hydrogen) atoms. The van der Waals surface area contributed by atoms with Gasteiger partial charge in [-0.15, -0.1) is 0 Å². The monoisotopic (exact) mass is 941 g/mol. The molecule has 1 aromatic heterocycles. The number of hydrogen-bond acceptors (Lipinski definition) is 12. The van der Waals surface area contributed by atoms with Crippen LogP contribution in [0.5, 0.6) is 5.75 Å². The molecule has 4 aliphatic rings. The molecule has 17 heteroatoms. The first-order valence-electron chi connectivity index (χ1n) is 24.4. The number of likely N-dealkylation sites (N-methyl/N-ethyl adjacent to an activating group) is 1. The van der Waals surface area contributed by atoms with Crippen molar-refractivity contribution in [3.8, 4) is 5.75 Å². The van der Waals surface area contributed by atoms with Crippen molar-refractivity contribution in [2.75, 3.05) is 56.5 Å². The Morgan fingerprint density at radius 2 is 1.60 bits per heavy atom. The molecule has 4 aliphatic carbocycles. The molecule has 6 N–H and O–H groups in total. The van der Waals surface area contributed by atoms with E-state index in [1.807, 2.05) is 18.2 Å². The number of nitrogens with two attached hydrogens (primary N) is 1. The van der Waals surface area contributed by atoms with Crippen LogP contribution in [0.2, 0.25) is 0 Å². The van der Waals surface area contributed by atoms with Gasteiger partial charge in [0.1, 0.15) is 16.5 Å². The molecule has 14 nitrogen and oxygen atoms in total. The molecular weight excluding hydrogens is 870 g/mol. The summed E-state index contributed by atoms with van der Waals surface area (Å²) in [5, 5.41) is 10.00. The number of hydrogen-bond donors (Lipinski definition) is 5. The smallest absolute Gasteiger partial charge is 0.266 e. The zero-order valence-electron chi connectivity index (χ0n) is 38.2. The number of fused-ring (bicyclic) bond motifs is 1. The summed E-state index contributed by atoms with van der Waals surface area (Å²) in [4.78, 5) is 32.0. The maximum atomic E-state index is 15.6. The van der Waals surface area contributed by atoms with Crippen molar-refractivity contribution >= 4 is 54.2 Å². The fourth-order valence-electron chi connectivity index (χ4n) is 10.2. The van der Waals surface area contributed by atoms with Crippen molar-refractivity contribution in [3.05, 3.63) is 42.2 Å². The van der Waals surface area contributed by atoms with Gasteiger partial charge in [0.25, 0.3) is 10.0 Å². The number of ether oxygens (including phenoxy) is 3. The van der Waals surface area contributed by atoms with Gasteiger partial charge < -0.3 is 40.8 Å². The number of anilines is 2. The number of carbonyl (C=O) groups is 2. The Labute approximate surface area is 389 Å². The molecule has 1 heterocycles. The average molecular weight is 942 g/mol. The lowest BCUT2D eigenvalue weighted by atomic mass is 9.85. The van der Waals surface area contributed by atoms with Crippen molar-refractivity contribution in [2.24, 2.45) is 17.6 Å². The van der Waals surface area contributed by atoms with E-state index in [2.05, 4.69) is 37.6 Å². The van der Waals surface area contributed by atoms with Crippen molar-refractivity contribution in [1.29, 1.82) is 0 Å². The summed E-state index contributed by atoms with van der Waals surface area (Å²) in [5.74, 6) is 0.573. The Morgan fingerprint density at radius 3 is 2.34 bits per heavy atom. The third kappa shape index (κ3) is 14.7. The number of sulfonamides is 1. The highest BCUT2D eigenvalue weighted by molar-refractivity contribution is 7.93. The predicted octanol–water partition coefficient (Wildman–Crippen LogP) is 7.72. The van der Waals surface area contributed by atoms with Crippen molar-refractivity contribution in [1.82, 2.24) is 20.5 Å². The SMILES string of the molecule is CN(CCCNC(=O)C1CCC(NC(=O)CCCOC2CCC(OCCN)CC2)CC1)[C@H]1CCCC[C@@H]1Nc1ccc(S(=O)(=O)Nc2nc3ccc(OCC4CCCC4)cc3s2)c(F)c1. The third-order valence-electron chi connectivity index (χ3n) is 13.9. The molecule has 0 aliphatic heterocycles. The normalized spacial score (nSPS) is 24.2. The lowest BCUT2D eigenvalue weighted by Gasteiger charge is -2.39. The van der Waals surface area contributed by atoms with Crippen LogP contribution in [0.1, 0.15) is 122 Å². The van der Waals surface area contributed by atoms with Crippen LogP contribution >= 0.6 is 11.3 Å². The van der Waals surface area contributed by atoms with Gasteiger partial charge >= 0.3 is 0 Å². The predicted molar refractivity (Wildman–Crippen MR) is 254 cm³/mol.